The largest absolute Gasteiger partial charge is 0.489 e. The van der Waals surface area contributed by atoms with Gasteiger partial charge in [-0.15, -0.1) is 0 Å². The van der Waals surface area contributed by atoms with Crippen LogP contribution in [0.4, 0.5) is 8.78 Å². The molecular formula is C15H13F2NO2S. The first-order chi connectivity index (χ1) is 10.1. The molecule has 0 unspecified atom stereocenters. The van der Waals surface area contributed by atoms with Gasteiger partial charge in [-0.05, 0) is 24.3 Å². The molecule has 6 heteroatoms. The van der Waals surface area contributed by atoms with E-state index in [1.165, 1.54) is 6.07 Å². The minimum Gasteiger partial charge on any atom is -0.489 e. The summed E-state index contributed by atoms with van der Waals surface area (Å²) in [6.45, 7) is 0.282. The Morgan fingerprint density at radius 2 is 1.67 bits per heavy atom. The van der Waals surface area contributed by atoms with Crippen molar-refractivity contribution in [2.45, 2.75) is 0 Å². The van der Waals surface area contributed by atoms with Gasteiger partial charge in [0.1, 0.15) is 29.8 Å². The minimum atomic E-state index is -0.751. The first-order valence-electron chi connectivity index (χ1n) is 6.17. The van der Waals surface area contributed by atoms with Gasteiger partial charge in [0.25, 0.3) is 0 Å². The molecule has 0 saturated carbocycles. The van der Waals surface area contributed by atoms with Crippen molar-refractivity contribution in [3.8, 4) is 11.5 Å². The Kier molecular flexibility index (Phi) is 5.05. The van der Waals surface area contributed by atoms with Crippen LogP contribution in [0.25, 0.3) is 0 Å². The maximum absolute atomic E-state index is 13.3. The van der Waals surface area contributed by atoms with Crippen LogP contribution in [-0.4, -0.2) is 18.2 Å². The van der Waals surface area contributed by atoms with Crippen LogP contribution in [0, 0.1) is 11.6 Å². The Bertz CT molecular complexity index is 649. The number of hydrogen-bond acceptors (Lipinski definition) is 3. The zero-order valence-corrected chi connectivity index (χ0v) is 11.8. The molecule has 0 aliphatic heterocycles. The molecule has 0 saturated heterocycles. The van der Waals surface area contributed by atoms with E-state index in [-0.39, 0.29) is 24.0 Å². The lowest BCUT2D eigenvalue weighted by Gasteiger charge is -2.11. The predicted molar refractivity (Wildman–Crippen MR) is 79.7 cm³/mol. The summed E-state index contributed by atoms with van der Waals surface area (Å²) in [5, 5.41) is 0. The molecule has 0 radical (unpaired) electrons. The van der Waals surface area contributed by atoms with Crippen LogP contribution in [-0.2, 0) is 0 Å². The zero-order chi connectivity index (χ0) is 15.2. The van der Waals surface area contributed by atoms with Crippen LogP contribution in [0.2, 0.25) is 0 Å². The van der Waals surface area contributed by atoms with Crippen molar-refractivity contribution in [1.29, 1.82) is 0 Å². The number of halogens is 2. The molecule has 2 rings (SSSR count). The quantitative estimate of drug-likeness (QED) is 0.658. The molecule has 3 nitrogen and oxygen atoms in total. The third-order valence-electron chi connectivity index (χ3n) is 2.64. The van der Waals surface area contributed by atoms with Crippen molar-refractivity contribution in [2.75, 3.05) is 13.2 Å². The van der Waals surface area contributed by atoms with E-state index in [1.54, 1.807) is 24.3 Å². The van der Waals surface area contributed by atoms with Crippen LogP contribution >= 0.6 is 12.2 Å². The monoisotopic (exact) mass is 309 g/mol. The van der Waals surface area contributed by atoms with E-state index in [0.717, 1.165) is 12.1 Å². The first-order valence-corrected chi connectivity index (χ1v) is 6.58. The zero-order valence-electron chi connectivity index (χ0n) is 11.0. The molecule has 2 aromatic rings. The van der Waals surface area contributed by atoms with E-state index in [9.17, 15) is 8.78 Å². The van der Waals surface area contributed by atoms with Gasteiger partial charge < -0.3 is 15.2 Å². The lowest BCUT2D eigenvalue weighted by atomic mass is 10.2. The summed E-state index contributed by atoms with van der Waals surface area (Å²) >= 11 is 4.92. The average Bonchev–Trinajstić information content (AvgIpc) is 2.45. The molecule has 0 bridgehead atoms. The maximum Gasteiger partial charge on any atom is 0.167 e. The van der Waals surface area contributed by atoms with E-state index in [2.05, 4.69) is 0 Å². The molecule has 2 aromatic carbocycles. The van der Waals surface area contributed by atoms with Gasteiger partial charge in [0.2, 0.25) is 0 Å². The van der Waals surface area contributed by atoms with Crippen LogP contribution in [0.1, 0.15) is 5.56 Å². The number of benzene rings is 2. The lowest BCUT2D eigenvalue weighted by Crippen LogP contribution is -2.14. The van der Waals surface area contributed by atoms with E-state index in [0.29, 0.717) is 11.3 Å². The van der Waals surface area contributed by atoms with Crippen LogP contribution in [0.3, 0.4) is 0 Å². The molecule has 0 aliphatic carbocycles. The second kappa shape index (κ2) is 6.99. The van der Waals surface area contributed by atoms with E-state index < -0.39 is 11.6 Å². The van der Waals surface area contributed by atoms with Crippen molar-refractivity contribution in [1.82, 2.24) is 0 Å². The van der Waals surface area contributed by atoms with E-state index >= 15 is 0 Å². The SMILES string of the molecule is NC(=S)c1ccccc1OCCOc1ccc(F)cc1F. The third-order valence-corrected chi connectivity index (χ3v) is 2.86. The molecule has 0 atom stereocenters. The molecule has 0 amide bonds. The first kappa shape index (κ1) is 15.2. The summed E-state index contributed by atoms with van der Waals surface area (Å²) in [5.41, 5.74) is 6.20. The third kappa shape index (κ3) is 4.13. The Morgan fingerprint density at radius 3 is 2.33 bits per heavy atom. The maximum atomic E-state index is 13.3. The molecule has 110 valence electrons. The molecule has 0 spiro atoms. The van der Waals surface area contributed by atoms with E-state index in [1.807, 2.05) is 0 Å². The fraction of sp³-hybridized carbons (Fsp3) is 0.133. The molecule has 2 N–H and O–H groups in total. The highest BCUT2D eigenvalue weighted by Crippen LogP contribution is 2.19. The van der Waals surface area contributed by atoms with Gasteiger partial charge in [0.15, 0.2) is 11.6 Å². The highest BCUT2D eigenvalue weighted by molar-refractivity contribution is 7.80. The summed E-state index contributed by atoms with van der Waals surface area (Å²) in [6.07, 6.45) is 0. The fourth-order valence-electron chi connectivity index (χ4n) is 1.69. The molecule has 0 fully saturated rings. The van der Waals surface area contributed by atoms with Gasteiger partial charge in [0.05, 0.1) is 5.56 Å². The smallest absolute Gasteiger partial charge is 0.167 e. The Morgan fingerprint density at radius 1 is 1.00 bits per heavy atom. The molecule has 0 aliphatic rings. The summed E-state index contributed by atoms with van der Waals surface area (Å²) in [5.74, 6) is -0.893. The van der Waals surface area contributed by atoms with Crippen LogP contribution in [0.5, 0.6) is 11.5 Å². The van der Waals surface area contributed by atoms with Crippen molar-refractivity contribution in [3.05, 3.63) is 59.7 Å². The highest BCUT2D eigenvalue weighted by Gasteiger charge is 2.07. The van der Waals surface area contributed by atoms with Crippen molar-refractivity contribution >= 4 is 17.2 Å². The van der Waals surface area contributed by atoms with E-state index in [4.69, 9.17) is 27.4 Å². The van der Waals surface area contributed by atoms with Gasteiger partial charge >= 0.3 is 0 Å². The van der Waals surface area contributed by atoms with Gasteiger partial charge in [-0.3, -0.25) is 0 Å². The second-order valence-electron chi connectivity index (χ2n) is 4.13. The molecule has 0 heterocycles. The number of para-hydroxylation sites is 1. The lowest BCUT2D eigenvalue weighted by molar-refractivity contribution is 0.211. The molecular weight excluding hydrogens is 296 g/mol. The standard InChI is InChI=1S/C15H13F2NO2S/c16-10-5-6-14(12(17)9-10)20-8-7-19-13-4-2-1-3-11(13)15(18)21/h1-6,9H,7-8H2,(H2,18,21). The Hall–Kier alpha value is -2.21. The molecule has 21 heavy (non-hydrogen) atoms. The Balaban J connectivity index is 1.89. The number of thiocarbonyl (C=S) groups is 1. The fourth-order valence-corrected chi connectivity index (χ4v) is 1.86. The average molecular weight is 309 g/mol. The number of hydrogen-bond donors (Lipinski definition) is 1. The minimum absolute atomic E-state index is 0.0253. The number of nitrogens with two attached hydrogens (primary N) is 1. The normalized spacial score (nSPS) is 10.2. The summed E-state index contributed by atoms with van der Waals surface area (Å²) in [4.78, 5) is 0.232. The number of ether oxygens (including phenoxy) is 2. The van der Waals surface area contributed by atoms with Gasteiger partial charge in [-0.2, -0.15) is 0 Å². The Labute approximate surface area is 126 Å². The second-order valence-corrected chi connectivity index (χ2v) is 4.57. The van der Waals surface area contributed by atoms with Crippen LogP contribution in [0.15, 0.2) is 42.5 Å². The number of rotatable bonds is 6. The van der Waals surface area contributed by atoms with Gasteiger partial charge in [-0.1, -0.05) is 24.4 Å². The summed E-state index contributed by atoms with van der Waals surface area (Å²) < 4.78 is 36.7. The highest BCUT2D eigenvalue weighted by atomic mass is 32.1. The van der Waals surface area contributed by atoms with Gasteiger partial charge in [0, 0.05) is 6.07 Å². The van der Waals surface area contributed by atoms with Crippen molar-refractivity contribution < 1.29 is 18.3 Å². The van der Waals surface area contributed by atoms with Gasteiger partial charge in [-0.25, -0.2) is 8.78 Å². The topological polar surface area (TPSA) is 44.5 Å². The summed E-state index contributed by atoms with van der Waals surface area (Å²) in [6, 6.07) is 10.2. The van der Waals surface area contributed by atoms with Crippen molar-refractivity contribution in [2.24, 2.45) is 5.73 Å². The molecule has 0 aromatic heterocycles. The van der Waals surface area contributed by atoms with Crippen LogP contribution < -0.4 is 15.2 Å². The summed E-state index contributed by atoms with van der Waals surface area (Å²) in [7, 11) is 0. The van der Waals surface area contributed by atoms with Crippen molar-refractivity contribution in [3.63, 3.8) is 0 Å². The predicted octanol–water partition coefficient (Wildman–Crippen LogP) is 3.06.